The molecular formula is C25H28N4. The van der Waals surface area contributed by atoms with Crippen LogP contribution in [0.15, 0.2) is 48.5 Å². The lowest BCUT2D eigenvalue weighted by Gasteiger charge is -2.20. The number of unbranched alkanes of at least 4 members (excludes halogenated alkanes) is 1. The molecule has 29 heavy (non-hydrogen) atoms. The van der Waals surface area contributed by atoms with E-state index in [1.165, 1.54) is 0 Å². The lowest BCUT2D eigenvalue weighted by atomic mass is 9.94. The third-order valence-corrected chi connectivity index (χ3v) is 5.04. The van der Waals surface area contributed by atoms with Gasteiger partial charge in [0.05, 0.1) is 11.6 Å². The molecule has 0 saturated heterocycles. The van der Waals surface area contributed by atoms with Gasteiger partial charge in [0.25, 0.3) is 0 Å². The molecule has 0 unspecified atom stereocenters. The van der Waals surface area contributed by atoms with Crippen molar-refractivity contribution in [2.45, 2.75) is 39.5 Å². The monoisotopic (exact) mass is 384 g/mol. The molecule has 0 aliphatic carbocycles. The van der Waals surface area contributed by atoms with Gasteiger partial charge in [-0.1, -0.05) is 55.8 Å². The number of anilines is 1. The zero-order valence-corrected chi connectivity index (χ0v) is 17.7. The summed E-state index contributed by atoms with van der Waals surface area (Å²) in [5.41, 5.74) is 6.11. The van der Waals surface area contributed by atoms with E-state index in [0.29, 0.717) is 5.56 Å². The summed E-state index contributed by atoms with van der Waals surface area (Å²) in [6, 6.07) is 18.6. The molecule has 0 N–H and O–H groups in total. The molecule has 0 aliphatic heterocycles. The Balaban J connectivity index is 2.02. The first-order valence-electron chi connectivity index (χ1n) is 10.2. The number of rotatable bonds is 7. The Morgan fingerprint density at radius 2 is 1.79 bits per heavy atom. The lowest BCUT2D eigenvalue weighted by Crippen LogP contribution is -2.17. The third-order valence-electron chi connectivity index (χ3n) is 5.04. The standard InChI is InChI=1S/C25H28N4/c1-5-6-12-24-23(25(29(3)4)28-18(2)27-24)16-19-13-14-22(21(15-19)17-26)20-10-8-7-9-11-20/h7-11,13-15H,5-6,12,16H2,1-4H3. The fourth-order valence-corrected chi connectivity index (χ4v) is 3.61. The maximum absolute atomic E-state index is 9.74. The van der Waals surface area contributed by atoms with Crippen LogP contribution in [0, 0.1) is 18.3 Å². The third kappa shape index (κ3) is 4.81. The molecule has 148 valence electrons. The quantitative estimate of drug-likeness (QED) is 0.553. The minimum absolute atomic E-state index is 0.697. The van der Waals surface area contributed by atoms with Gasteiger partial charge in [0, 0.05) is 31.8 Å². The van der Waals surface area contributed by atoms with Crippen molar-refractivity contribution in [2.75, 3.05) is 19.0 Å². The van der Waals surface area contributed by atoms with Crippen LogP contribution in [0.5, 0.6) is 0 Å². The van der Waals surface area contributed by atoms with Gasteiger partial charge in [-0.15, -0.1) is 0 Å². The van der Waals surface area contributed by atoms with Gasteiger partial charge in [0.15, 0.2) is 0 Å². The minimum atomic E-state index is 0.697. The van der Waals surface area contributed by atoms with E-state index in [-0.39, 0.29) is 0 Å². The van der Waals surface area contributed by atoms with Crippen molar-refractivity contribution < 1.29 is 0 Å². The zero-order chi connectivity index (χ0) is 20.8. The van der Waals surface area contributed by atoms with Gasteiger partial charge in [-0.05, 0) is 42.5 Å². The van der Waals surface area contributed by atoms with Crippen molar-refractivity contribution in [1.29, 1.82) is 5.26 Å². The number of hydrogen-bond acceptors (Lipinski definition) is 4. The molecule has 2 aromatic carbocycles. The van der Waals surface area contributed by atoms with Gasteiger partial charge in [-0.2, -0.15) is 5.26 Å². The number of aryl methyl sites for hydroxylation is 2. The second kappa shape index (κ2) is 9.34. The Bertz CT molecular complexity index is 1020. The smallest absolute Gasteiger partial charge is 0.135 e. The number of hydrogen-bond donors (Lipinski definition) is 0. The molecule has 4 heteroatoms. The topological polar surface area (TPSA) is 52.8 Å². The van der Waals surface area contributed by atoms with Crippen LogP contribution in [0.2, 0.25) is 0 Å². The minimum Gasteiger partial charge on any atom is -0.362 e. The van der Waals surface area contributed by atoms with Gasteiger partial charge in [-0.25, -0.2) is 9.97 Å². The summed E-state index contributed by atoms with van der Waals surface area (Å²) >= 11 is 0. The van der Waals surface area contributed by atoms with E-state index in [2.05, 4.69) is 30.0 Å². The van der Waals surface area contributed by atoms with Crippen LogP contribution in [0.3, 0.4) is 0 Å². The Hall–Kier alpha value is -3.19. The fourth-order valence-electron chi connectivity index (χ4n) is 3.61. The maximum atomic E-state index is 9.74. The van der Waals surface area contributed by atoms with Gasteiger partial charge in [-0.3, -0.25) is 0 Å². The van der Waals surface area contributed by atoms with Crippen molar-refractivity contribution >= 4 is 5.82 Å². The summed E-state index contributed by atoms with van der Waals surface area (Å²) < 4.78 is 0. The largest absolute Gasteiger partial charge is 0.362 e. The molecule has 0 saturated carbocycles. The summed E-state index contributed by atoms with van der Waals surface area (Å²) in [6.07, 6.45) is 3.90. The molecule has 0 amide bonds. The molecule has 4 nitrogen and oxygen atoms in total. The molecule has 0 bridgehead atoms. The normalized spacial score (nSPS) is 10.6. The SMILES string of the molecule is CCCCc1nc(C)nc(N(C)C)c1Cc1ccc(-c2ccccc2)c(C#N)c1. The van der Waals surface area contributed by atoms with Crippen molar-refractivity contribution in [1.82, 2.24) is 9.97 Å². The van der Waals surface area contributed by atoms with Crippen molar-refractivity contribution in [2.24, 2.45) is 0 Å². The molecule has 3 rings (SSSR count). The predicted octanol–water partition coefficient (Wildman–Crippen LogP) is 5.32. The van der Waals surface area contributed by atoms with E-state index in [4.69, 9.17) is 9.97 Å². The maximum Gasteiger partial charge on any atom is 0.135 e. The van der Waals surface area contributed by atoms with Gasteiger partial charge >= 0.3 is 0 Å². The molecule has 1 heterocycles. The molecule has 0 aliphatic rings. The lowest BCUT2D eigenvalue weighted by molar-refractivity contribution is 0.755. The molecule has 1 aromatic heterocycles. The van der Waals surface area contributed by atoms with Crippen LogP contribution in [-0.2, 0) is 12.8 Å². The Kier molecular flexibility index (Phi) is 6.61. The van der Waals surface area contributed by atoms with Crippen LogP contribution < -0.4 is 4.90 Å². The van der Waals surface area contributed by atoms with Crippen LogP contribution in [0.1, 0.15) is 48.0 Å². The van der Waals surface area contributed by atoms with Crippen LogP contribution >= 0.6 is 0 Å². The van der Waals surface area contributed by atoms with E-state index in [9.17, 15) is 5.26 Å². The number of nitriles is 1. The van der Waals surface area contributed by atoms with Crippen LogP contribution in [0.25, 0.3) is 11.1 Å². The van der Waals surface area contributed by atoms with E-state index in [0.717, 1.165) is 65.3 Å². The summed E-state index contributed by atoms with van der Waals surface area (Å²) in [5, 5.41) is 9.74. The van der Waals surface area contributed by atoms with Crippen LogP contribution in [0.4, 0.5) is 5.82 Å². The highest BCUT2D eigenvalue weighted by molar-refractivity contribution is 5.71. The zero-order valence-electron chi connectivity index (χ0n) is 17.7. The number of nitrogens with zero attached hydrogens (tertiary/aromatic N) is 4. The highest BCUT2D eigenvalue weighted by Gasteiger charge is 2.16. The summed E-state index contributed by atoms with van der Waals surface area (Å²) in [7, 11) is 4.04. The second-order valence-electron chi connectivity index (χ2n) is 7.55. The van der Waals surface area contributed by atoms with Gasteiger partial charge in [0.1, 0.15) is 11.6 Å². The van der Waals surface area contributed by atoms with Crippen LogP contribution in [-0.4, -0.2) is 24.1 Å². The van der Waals surface area contributed by atoms with E-state index >= 15 is 0 Å². The first kappa shape index (κ1) is 20.5. The summed E-state index contributed by atoms with van der Waals surface area (Å²) in [6.45, 7) is 4.15. The Morgan fingerprint density at radius 1 is 1.03 bits per heavy atom. The van der Waals surface area contributed by atoms with Crippen molar-refractivity contribution in [3.63, 3.8) is 0 Å². The molecule has 0 fully saturated rings. The fraction of sp³-hybridized carbons (Fsp3) is 0.320. The molecule has 0 spiro atoms. The van der Waals surface area contributed by atoms with Gasteiger partial charge < -0.3 is 4.90 Å². The number of aromatic nitrogens is 2. The first-order valence-corrected chi connectivity index (χ1v) is 10.2. The highest BCUT2D eigenvalue weighted by Crippen LogP contribution is 2.28. The molecule has 3 aromatic rings. The average Bonchev–Trinajstić information content (AvgIpc) is 2.73. The second-order valence-corrected chi connectivity index (χ2v) is 7.55. The van der Waals surface area contributed by atoms with E-state index < -0.39 is 0 Å². The first-order chi connectivity index (χ1) is 14.0. The highest BCUT2D eigenvalue weighted by atomic mass is 15.2. The average molecular weight is 385 g/mol. The molecule has 0 radical (unpaired) electrons. The summed E-state index contributed by atoms with van der Waals surface area (Å²) in [4.78, 5) is 11.5. The van der Waals surface area contributed by atoms with Crippen molar-refractivity contribution in [3.05, 3.63) is 76.7 Å². The Labute approximate surface area is 173 Å². The predicted molar refractivity (Wildman–Crippen MR) is 119 cm³/mol. The van der Waals surface area contributed by atoms with Gasteiger partial charge in [0.2, 0.25) is 0 Å². The van der Waals surface area contributed by atoms with E-state index in [1.54, 1.807) is 0 Å². The van der Waals surface area contributed by atoms with E-state index in [1.807, 2.05) is 57.4 Å². The van der Waals surface area contributed by atoms with Crippen molar-refractivity contribution in [3.8, 4) is 17.2 Å². The number of benzene rings is 2. The molecule has 0 atom stereocenters. The molecular weight excluding hydrogens is 356 g/mol. The summed E-state index contributed by atoms with van der Waals surface area (Å²) in [5.74, 6) is 1.77. The Morgan fingerprint density at radius 3 is 2.45 bits per heavy atom.